The Morgan fingerprint density at radius 2 is 1.88 bits per heavy atom. The molecule has 3 aromatic rings. The molecule has 0 N–H and O–H groups in total. The van der Waals surface area contributed by atoms with Crippen LogP contribution < -0.4 is 4.74 Å². The Balaban J connectivity index is 1.51. The molecule has 1 aromatic heterocycles. The first-order valence-corrected chi connectivity index (χ1v) is 11.2. The molecule has 1 aliphatic heterocycles. The fourth-order valence-corrected chi connectivity index (χ4v) is 4.25. The summed E-state index contributed by atoms with van der Waals surface area (Å²) in [6.45, 7) is 3.38. The highest BCUT2D eigenvalue weighted by atomic mass is 19.1. The lowest BCUT2D eigenvalue weighted by Crippen LogP contribution is -2.48. The van der Waals surface area contributed by atoms with Crippen molar-refractivity contribution < 1.29 is 18.7 Å². The number of aromatic nitrogens is 1. The van der Waals surface area contributed by atoms with Crippen LogP contribution in [0.1, 0.15) is 30.6 Å². The number of halogens is 1. The fraction of sp³-hybridized carbons (Fsp3) is 0.308. The van der Waals surface area contributed by atoms with Gasteiger partial charge in [0.1, 0.15) is 11.6 Å². The van der Waals surface area contributed by atoms with Crippen molar-refractivity contribution in [3.05, 3.63) is 90.0 Å². The number of nitrogens with zero attached hydrogens (tertiary/aromatic N) is 3. The van der Waals surface area contributed by atoms with Gasteiger partial charge in [-0.15, -0.1) is 0 Å². The second-order valence-electron chi connectivity index (χ2n) is 8.09. The van der Waals surface area contributed by atoms with E-state index < -0.39 is 6.04 Å². The molecule has 6 nitrogen and oxygen atoms in total. The molecule has 0 saturated heterocycles. The summed E-state index contributed by atoms with van der Waals surface area (Å²) in [5.74, 6) is -0.143. The standard InChI is InChI=1S/C26H28FN3O3/c1-2-13-29(25(32)19-33-22-10-4-3-5-11-22)18-24(31)30-16-15-28-14-7-12-23(28)26(30)20-8-6-9-21(27)17-20/h3-12,14,17,26H,2,13,15-16,18-19H2,1H3. The molecule has 2 amide bonds. The molecule has 0 bridgehead atoms. The van der Waals surface area contributed by atoms with Crippen molar-refractivity contribution in [3.8, 4) is 5.75 Å². The molecule has 4 rings (SSSR count). The van der Waals surface area contributed by atoms with Gasteiger partial charge in [0.15, 0.2) is 6.61 Å². The molecule has 0 radical (unpaired) electrons. The second kappa shape index (κ2) is 10.3. The minimum Gasteiger partial charge on any atom is -0.484 e. The van der Waals surface area contributed by atoms with Crippen molar-refractivity contribution in [2.24, 2.45) is 0 Å². The van der Waals surface area contributed by atoms with E-state index >= 15 is 0 Å². The lowest BCUT2D eigenvalue weighted by molar-refractivity contribution is -0.143. The van der Waals surface area contributed by atoms with Crippen LogP contribution in [0.25, 0.3) is 0 Å². The summed E-state index contributed by atoms with van der Waals surface area (Å²) in [6, 6.07) is 19.0. The highest BCUT2D eigenvalue weighted by Gasteiger charge is 2.33. The fourth-order valence-electron chi connectivity index (χ4n) is 4.25. The molecule has 0 fully saturated rings. The van der Waals surface area contributed by atoms with Crippen LogP contribution in [-0.2, 0) is 16.1 Å². The molecular formula is C26H28FN3O3. The Morgan fingerprint density at radius 1 is 1.06 bits per heavy atom. The summed E-state index contributed by atoms with van der Waals surface area (Å²) in [5.41, 5.74) is 1.64. The predicted molar refractivity (Wildman–Crippen MR) is 123 cm³/mol. The van der Waals surface area contributed by atoms with Crippen LogP contribution in [0.5, 0.6) is 5.75 Å². The molecule has 2 heterocycles. The topological polar surface area (TPSA) is 54.8 Å². The monoisotopic (exact) mass is 449 g/mol. The highest BCUT2D eigenvalue weighted by molar-refractivity contribution is 5.86. The number of amides is 2. The second-order valence-corrected chi connectivity index (χ2v) is 8.09. The first-order valence-electron chi connectivity index (χ1n) is 11.2. The van der Waals surface area contributed by atoms with Crippen LogP contribution in [-0.4, -0.2) is 52.4 Å². The maximum Gasteiger partial charge on any atom is 0.260 e. The normalized spacial score (nSPS) is 15.1. The summed E-state index contributed by atoms with van der Waals surface area (Å²) < 4.78 is 21.7. The van der Waals surface area contributed by atoms with Crippen LogP contribution in [0.3, 0.4) is 0 Å². The number of para-hydroxylation sites is 1. The quantitative estimate of drug-likeness (QED) is 0.525. The van der Waals surface area contributed by atoms with Gasteiger partial charge in [0.05, 0.1) is 12.6 Å². The average Bonchev–Trinajstić information content (AvgIpc) is 3.31. The van der Waals surface area contributed by atoms with Gasteiger partial charge in [0.2, 0.25) is 5.91 Å². The molecule has 2 aromatic carbocycles. The Kier molecular flexibility index (Phi) is 7.07. The summed E-state index contributed by atoms with van der Waals surface area (Å²) in [5, 5.41) is 0. The van der Waals surface area contributed by atoms with Crippen LogP contribution in [0.4, 0.5) is 4.39 Å². The molecule has 172 valence electrons. The third-order valence-electron chi connectivity index (χ3n) is 5.80. The van der Waals surface area contributed by atoms with Gasteiger partial charge in [-0.25, -0.2) is 4.39 Å². The molecule has 1 atom stereocenters. The Morgan fingerprint density at radius 3 is 2.64 bits per heavy atom. The molecule has 0 aliphatic carbocycles. The zero-order valence-corrected chi connectivity index (χ0v) is 18.7. The van der Waals surface area contributed by atoms with E-state index in [0.29, 0.717) is 30.9 Å². The van der Waals surface area contributed by atoms with E-state index in [1.165, 1.54) is 12.1 Å². The van der Waals surface area contributed by atoms with Gasteiger partial charge < -0.3 is 19.1 Å². The maximum atomic E-state index is 14.0. The minimum absolute atomic E-state index is 0.0443. The number of carbonyl (C=O) groups excluding carboxylic acids is 2. The van der Waals surface area contributed by atoms with Crippen LogP contribution in [0.2, 0.25) is 0 Å². The van der Waals surface area contributed by atoms with Crippen LogP contribution >= 0.6 is 0 Å². The zero-order valence-electron chi connectivity index (χ0n) is 18.7. The Hall–Kier alpha value is -3.61. The lowest BCUT2D eigenvalue weighted by Gasteiger charge is -2.38. The van der Waals surface area contributed by atoms with E-state index in [4.69, 9.17) is 4.74 Å². The van der Waals surface area contributed by atoms with Gasteiger partial charge in [-0.2, -0.15) is 0 Å². The molecule has 1 aliphatic rings. The summed E-state index contributed by atoms with van der Waals surface area (Å²) in [6.07, 6.45) is 2.69. The average molecular weight is 450 g/mol. The number of fused-ring (bicyclic) bond motifs is 1. The van der Waals surface area contributed by atoms with Gasteiger partial charge in [-0.1, -0.05) is 37.3 Å². The van der Waals surface area contributed by atoms with E-state index in [1.54, 1.807) is 28.0 Å². The molecular weight excluding hydrogens is 421 g/mol. The number of hydrogen-bond acceptors (Lipinski definition) is 3. The first-order chi connectivity index (χ1) is 16.1. The van der Waals surface area contributed by atoms with Crippen LogP contribution in [0, 0.1) is 5.82 Å². The predicted octanol–water partition coefficient (Wildman–Crippen LogP) is 3.88. The zero-order chi connectivity index (χ0) is 23.2. The first kappa shape index (κ1) is 22.6. The van der Waals surface area contributed by atoms with Crippen molar-refractivity contribution >= 4 is 11.8 Å². The van der Waals surface area contributed by atoms with Crippen LogP contribution in [0.15, 0.2) is 72.9 Å². The van der Waals surface area contributed by atoms with Crippen molar-refractivity contribution in [1.82, 2.24) is 14.4 Å². The van der Waals surface area contributed by atoms with Gasteiger partial charge >= 0.3 is 0 Å². The summed E-state index contributed by atoms with van der Waals surface area (Å²) >= 11 is 0. The Labute approximate surface area is 193 Å². The number of rotatable bonds is 8. The minimum atomic E-state index is -0.406. The third kappa shape index (κ3) is 5.25. The van der Waals surface area contributed by atoms with Crippen molar-refractivity contribution in [3.63, 3.8) is 0 Å². The van der Waals surface area contributed by atoms with Gasteiger partial charge in [0, 0.05) is 31.5 Å². The molecule has 0 saturated carbocycles. The summed E-state index contributed by atoms with van der Waals surface area (Å²) in [7, 11) is 0. The molecule has 7 heteroatoms. The third-order valence-corrected chi connectivity index (χ3v) is 5.80. The van der Waals surface area contributed by atoms with Gasteiger partial charge in [-0.3, -0.25) is 9.59 Å². The Bertz CT molecular complexity index is 1100. The van der Waals surface area contributed by atoms with E-state index in [-0.39, 0.29) is 30.8 Å². The van der Waals surface area contributed by atoms with Crippen molar-refractivity contribution in [1.29, 1.82) is 0 Å². The largest absolute Gasteiger partial charge is 0.484 e. The van der Waals surface area contributed by atoms with E-state index in [2.05, 4.69) is 4.57 Å². The number of benzene rings is 2. The SMILES string of the molecule is CCCN(CC(=O)N1CCn2cccc2C1c1cccc(F)c1)C(=O)COc1ccccc1. The number of hydrogen-bond donors (Lipinski definition) is 0. The highest BCUT2D eigenvalue weighted by Crippen LogP contribution is 2.32. The summed E-state index contributed by atoms with van der Waals surface area (Å²) in [4.78, 5) is 29.6. The van der Waals surface area contributed by atoms with Gasteiger partial charge in [-0.05, 0) is 48.4 Å². The van der Waals surface area contributed by atoms with E-state index in [0.717, 1.165) is 12.1 Å². The lowest BCUT2D eigenvalue weighted by atomic mass is 9.99. The molecule has 0 spiro atoms. The van der Waals surface area contributed by atoms with E-state index in [9.17, 15) is 14.0 Å². The van der Waals surface area contributed by atoms with E-state index in [1.807, 2.05) is 49.5 Å². The van der Waals surface area contributed by atoms with Crippen molar-refractivity contribution in [2.75, 3.05) is 26.2 Å². The maximum absolute atomic E-state index is 14.0. The number of carbonyl (C=O) groups is 2. The molecule has 33 heavy (non-hydrogen) atoms. The smallest absolute Gasteiger partial charge is 0.260 e. The number of ether oxygens (including phenoxy) is 1. The van der Waals surface area contributed by atoms with Gasteiger partial charge in [0.25, 0.3) is 5.91 Å². The van der Waals surface area contributed by atoms with Crippen molar-refractivity contribution in [2.45, 2.75) is 25.9 Å². The molecule has 1 unspecified atom stereocenters.